The molecule has 7 heteroatoms. The number of aliphatic imine (C=N–C) groups is 1. The number of halogens is 3. The number of aromatic nitrogens is 1. The number of guanidine groups is 1. The minimum absolute atomic E-state index is 0.0937. The van der Waals surface area contributed by atoms with E-state index in [1.165, 1.54) is 0 Å². The highest BCUT2D eigenvalue weighted by atomic mass is 35.5. The molecule has 0 aliphatic heterocycles. The largest absolute Gasteiger partial charge is 0.370 e. The Morgan fingerprint density at radius 1 is 1.07 bits per heavy atom. The van der Waals surface area contributed by atoms with E-state index in [1.54, 1.807) is 0 Å². The number of alkyl halides is 1. The van der Waals surface area contributed by atoms with E-state index in [9.17, 15) is 0 Å². The van der Waals surface area contributed by atoms with E-state index < -0.39 is 4.87 Å². The average molecular weight is 448 g/mol. The van der Waals surface area contributed by atoms with Crippen molar-refractivity contribution in [3.05, 3.63) is 64.2 Å². The van der Waals surface area contributed by atoms with Crippen LogP contribution in [0.1, 0.15) is 18.9 Å². The molecule has 0 spiro atoms. The average Bonchev–Trinajstić information content (AvgIpc) is 2.96. The molecule has 2 aromatic carbocycles. The van der Waals surface area contributed by atoms with Crippen molar-refractivity contribution < 1.29 is 0 Å². The van der Waals surface area contributed by atoms with Crippen LogP contribution in [0.2, 0.25) is 5.02 Å². The summed E-state index contributed by atoms with van der Waals surface area (Å²) in [5.41, 5.74) is 15.4. The lowest BCUT2D eigenvalue weighted by Crippen LogP contribution is -2.23. The third-order valence-corrected chi connectivity index (χ3v) is 6.48. The maximum atomic E-state index is 6.59. The highest BCUT2D eigenvalue weighted by Gasteiger charge is 2.29. The van der Waals surface area contributed by atoms with E-state index in [-0.39, 0.29) is 5.96 Å². The monoisotopic (exact) mass is 446 g/mol. The van der Waals surface area contributed by atoms with Crippen LogP contribution in [0.5, 0.6) is 0 Å². The fourth-order valence-corrected chi connectivity index (χ4v) is 4.35. The van der Waals surface area contributed by atoms with Crippen molar-refractivity contribution >= 4 is 68.1 Å². The Morgan fingerprint density at radius 2 is 1.76 bits per heavy atom. The van der Waals surface area contributed by atoms with Gasteiger partial charge >= 0.3 is 0 Å². The van der Waals surface area contributed by atoms with Gasteiger partial charge in [0, 0.05) is 38.4 Å². The molecule has 4 nitrogen and oxygen atoms in total. The molecule has 1 atom stereocenters. The first-order chi connectivity index (χ1) is 13.8. The summed E-state index contributed by atoms with van der Waals surface area (Å²) in [6.07, 6.45) is 4.59. The molecule has 29 heavy (non-hydrogen) atoms. The van der Waals surface area contributed by atoms with Gasteiger partial charge in [0.1, 0.15) is 0 Å². The lowest BCUT2D eigenvalue weighted by molar-refractivity contribution is 0.757. The molecule has 1 unspecified atom stereocenters. The lowest BCUT2D eigenvalue weighted by Gasteiger charge is -2.26. The van der Waals surface area contributed by atoms with Crippen molar-refractivity contribution in [1.29, 1.82) is 0 Å². The molecule has 0 fully saturated rings. The second-order valence-electron chi connectivity index (χ2n) is 7.43. The molecule has 0 saturated heterocycles. The number of fused-ring (bicyclic) bond motifs is 3. The summed E-state index contributed by atoms with van der Waals surface area (Å²) in [6.45, 7) is 3.11. The van der Waals surface area contributed by atoms with Crippen LogP contribution in [-0.4, -0.2) is 21.9 Å². The van der Waals surface area contributed by atoms with Gasteiger partial charge in [-0.1, -0.05) is 35.3 Å². The van der Waals surface area contributed by atoms with Crippen LogP contribution < -0.4 is 11.5 Å². The van der Waals surface area contributed by atoms with E-state index in [4.69, 9.17) is 46.3 Å². The van der Waals surface area contributed by atoms with Crippen molar-refractivity contribution in [2.45, 2.75) is 24.8 Å². The molecular formula is C22H21Cl3N4. The van der Waals surface area contributed by atoms with Gasteiger partial charge in [-0.25, -0.2) is 0 Å². The SMILES string of the molecule is CC1(Cl)CC(c2ccc3c(c2)c2cc(Cl)ccc2n3CCN=C(N)N)=CC=C1Cl. The summed E-state index contributed by atoms with van der Waals surface area (Å²) >= 11 is 19.2. The predicted molar refractivity (Wildman–Crippen MR) is 126 cm³/mol. The van der Waals surface area contributed by atoms with Gasteiger partial charge in [-0.15, -0.1) is 11.6 Å². The third kappa shape index (κ3) is 3.85. The number of benzene rings is 2. The minimum Gasteiger partial charge on any atom is -0.370 e. The number of nitrogens with two attached hydrogens (primary N) is 2. The standard InChI is InChI=1S/C22H21Cl3N4/c1-22(25)12-14(3-7-20(22)24)13-2-5-18-16(10-13)17-11-15(23)4-6-19(17)29(18)9-8-28-21(26)27/h2-7,10-11H,8-9,12H2,1H3,(H4,26,27,28). The Bertz CT molecular complexity index is 1200. The molecule has 1 aliphatic carbocycles. The lowest BCUT2D eigenvalue weighted by atomic mass is 9.89. The molecule has 1 aliphatic rings. The summed E-state index contributed by atoms with van der Waals surface area (Å²) < 4.78 is 2.22. The number of hydrogen-bond donors (Lipinski definition) is 2. The highest BCUT2D eigenvalue weighted by Crippen LogP contribution is 2.42. The second kappa shape index (κ2) is 7.60. The van der Waals surface area contributed by atoms with Crippen molar-refractivity contribution in [3.63, 3.8) is 0 Å². The van der Waals surface area contributed by atoms with Crippen molar-refractivity contribution in [2.75, 3.05) is 6.54 Å². The molecule has 0 bridgehead atoms. The molecule has 150 valence electrons. The van der Waals surface area contributed by atoms with Gasteiger partial charge in [-0.3, -0.25) is 4.99 Å². The fraction of sp³-hybridized carbons (Fsp3) is 0.227. The normalized spacial score (nSPS) is 19.3. The number of rotatable bonds is 4. The van der Waals surface area contributed by atoms with E-state index >= 15 is 0 Å². The van der Waals surface area contributed by atoms with Crippen LogP contribution in [0.25, 0.3) is 27.4 Å². The molecule has 1 aromatic heterocycles. The van der Waals surface area contributed by atoms with Gasteiger partial charge in [0.05, 0.1) is 11.4 Å². The van der Waals surface area contributed by atoms with Crippen molar-refractivity contribution in [2.24, 2.45) is 16.5 Å². The molecule has 3 aromatic rings. The summed E-state index contributed by atoms with van der Waals surface area (Å²) in [5.74, 6) is 0.0937. The van der Waals surface area contributed by atoms with E-state index in [0.29, 0.717) is 29.6 Å². The number of nitrogens with zero attached hydrogens (tertiary/aromatic N) is 2. The molecule has 0 saturated carbocycles. The maximum Gasteiger partial charge on any atom is 0.185 e. The molecule has 0 radical (unpaired) electrons. The minimum atomic E-state index is -0.585. The van der Waals surface area contributed by atoms with Crippen LogP contribution in [0.4, 0.5) is 0 Å². The quantitative estimate of drug-likeness (QED) is 0.309. The summed E-state index contributed by atoms with van der Waals surface area (Å²) in [7, 11) is 0. The Labute approximate surface area is 184 Å². The highest BCUT2D eigenvalue weighted by molar-refractivity contribution is 6.40. The molecule has 1 heterocycles. The topological polar surface area (TPSA) is 69.3 Å². The van der Waals surface area contributed by atoms with Gasteiger partial charge in [0.25, 0.3) is 0 Å². The zero-order valence-corrected chi connectivity index (χ0v) is 18.2. The molecule has 4 rings (SSSR count). The smallest absolute Gasteiger partial charge is 0.185 e. The Balaban J connectivity index is 1.86. The van der Waals surface area contributed by atoms with Crippen LogP contribution >= 0.6 is 34.8 Å². The zero-order valence-electron chi connectivity index (χ0n) is 15.9. The first kappa shape index (κ1) is 20.1. The summed E-state index contributed by atoms with van der Waals surface area (Å²) in [6, 6.07) is 12.4. The van der Waals surface area contributed by atoms with Gasteiger partial charge in [0.15, 0.2) is 5.96 Å². The molecule has 4 N–H and O–H groups in total. The summed E-state index contributed by atoms with van der Waals surface area (Å²) in [4.78, 5) is 3.54. The van der Waals surface area contributed by atoms with Gasteiger partial charge < -0.3 is 16.0 Å². The van der Waals surface area contributed by atoms with Gasteiger partial charge in [-0.05, 0) is 60.9 Å². The number of hydrogen-bond acceptors (Lipinski definition) is 1. The van der Waals surface area contributed by atoms with Crippen LogP contribution in [0.15, 0.2) is 58.6 Å². The van der Waals surface area contributed by atoms with E-state index in [1.807, 2.05) is 37.3 Å². The van der Waals surface area contributed by atoms with Crippen molar-refractivity contribution in [1.82, 2.24) is 4.57 Å². The van der Waals surface area contributed by atoms with Crippen LogP contribution in [0, 0.1) is 0 Å². The van der Waals surface area contributed by atoms with E-state index in [2.05, 4.69) is 27.8 Å². The van der Waals surface area contributed by atoms with Gasteiger partial charge in [0.2, 0.25) is 0 Å². The van der Waals surface area contributed by atoms with Crippen molar-refractivity contribution in [3.8, 4) is 0 Å². The Hall–Kier alpha value is -2.14. The zero-order chi connectivity index (χ0) is 20.8. The molecule has 0 amide bonds. The maximum absolute atomic E-state index is 6.59. The Kier molecular flexibility index (Phi) is 5.28. The van der Waals surface area contributed by atoms with Gasteiger partial charge in [-0.2, -0.15) is 0 Å². The number of allylic oxidation sites excluding steroid dienone is 4. The Morgan fingerprint density at radius 3 is 2.45 bits per heavy atom. The first-order valence-electron chi connectivity index (χ1n) is 9.29. The molecular weight excluding hydrogens is 427 g/mol. The first-order valence-corrected chi connectivity index (χ1v) is 10.4. The van der Waals surface area contributed by atoms with E-state index in [0.717, 1.165) is 32.9 Å². The predicted octanol–water partition coefficient (Wildman–Crippen LogP) is 5.63. The second-order valence-corrected chi connectivity index (χ2v) is 9.11. The summed E-state index contributed by atoms with van der Waals surface area (Å²) in [5, 5.41) is 3.58. The van der Waals surface area contributed by atoms with Crippen LogP contribution in [0.3, 0.4) is 0 Å². The van der Waals surface area contributed by atoms with Crippen LogP contribution in [-0.2, 0) is 6.54 Å². The third-order valence-electron chi connectivity index (χ3n) is 5.27. The fourth-order valence-electron chi connectivity index (χ4n) is 3.84.